The average Bonchev–Trinajstić information content (AvgIpc) is 3.28. The van der Waals surface area contributed by atoms with E-state index in [0.29, 0.717) is 17.8 Å². The van der Waals surface area contributed by atoms with Crippen LogP contribution in [-0.2, 0) is 0 Å². The molecule has 0 radical (unpaired) electrons. The summed E-state index contributed by atoms with van der Waals surface area (Å²) in [6.45, 7) is 8.49. The highest BCUT2D eigenvalue weighted by molar-refractivity contribution is 5.97. The zero-order valence-electron chi connectivity index (χ0n) is 17.5. The monoisotopic (exact) mass is 435 g/mol. The third-order valence-corrected chi connectivity index (χ3v) is 4.44. The minimum Gasteiger partial charge on any atom is -0.367 e. The van der Waals surface area contributed by atoms with Gasteiger partial charge in [-0.25, -0.2) is 4.99 Å². The van der Waals surface area contributed by atoms with Crippen molar-refractivity contribution in [2.24, 2.45) is 9.98 Å². The van der Waals surface area contributed by atoms with Gasteiger partial charge in [0.15, 0.2) is 0 Å². The summed E-state index contributed by atoms with van der Waals surface area (Å²) in [5.41, 5.74) is -0.0328. The van der Waals surface area contributed by atoms with Crippen molar-refractivity contribution >= 4 is 18.3 Å². The Morgan fingerprint density at radius 2 is 1.97 bits per heavy atom. The van der Waals surface area contributed by atoms with Gasteiger partial charge in [0, 0.05) is 19.1 Å². The van der Waals surface area contributed by atoms with Crippen molar-refractivity contribution in [3.63, 3.8) is 0 Å². The maximum Gasteiger partial charge on any atom is 0.429 e. The number of carbonyl (C=O) groups is 1. The number of aromatic nitrogens is 3. The highest BCUT2D eigenvalue weighted by Crippen LogP contribution is 2.18. The van der Waals surface area contributed by atoms with E-state index in [2.05, 4.69) is 32.2 Å². The lowest BCUT2D eigenvalue weighted by Crippen LogP contribution is -2.44. The van der Waals surface area contributed by atoms with E-state index in [0.717, 1.165) is 13.1 Å². The summed E-state index contributed by atoms with van der Waals surface area (Å²) in [5.74, 6) is -0.159. The molecule has 0 unspecified atom stereocenters. The van der Waals surface area contributed by atoms with E-state index in [-0.39, 0.29) is 24.3 Å². The lowest BCUT2D eigenvalue weighted by atomic mass is 10.1. The van der Waals surface area contributed by atoms with Crippen molar-refractivity contribution in [1.82, 2.24) is 25.2 Å². The van der Waals surface area contributed by atoms with Gasteiger partial charge < -0.3 is 10.2 Å². The summed E-state index contributed by atoms with van der Waals surface area (Å²) in [6.07, 6.45) is -0.521. The molecule has 0 saturated heterocycles. The summed E-state index contributed by atoms with van der Waals surface area (Å²) >= 11 is 0. The Labute approximate surface area is 178 Å². The smallest absolute Gasteiger partial charge is 0.367 e. The van der Waals surface area contributed by atoms with Crippen LogP contribution in [0.15, 0.2) is 58.7 Å². The van der Waals surface area contributed by atoms with Crippen molar-refractivity contribution in [3.05, 3.63) is 54.2 Å². The summed E-state index contributed by atoms with van der Waals surface area (Å²) in [7, 11) is 0. The van der Waals surface area contributed by atoms with Crippen molar-refractivity contribution in [1.29, 1.82) is 0 Å². The van der Waals surface area contributed by atoms with E-state index in [1.54, 1.807) is 29.2 Å². The third kappa shape index (κ3) is 6.24. The molecule has 0 bridgehead atoms. The lowest BCUT2D eigenvalue weighted by molar-refractivity contribution is -0.0591. The highest BCUT2D eigenvalue weighted by atomic mass is 19.4. The van der Waals surface area contributed by atoms with Gasteiger partial charge in [-0.2, -0.15) is 28.2 Å². The number of likely N-dealkylation sites (N-methyl/N-ethyl adjacent to an activating group) is 1. The Bertz CT molecular complexity index is 952. The molecule has 8 nitrogen and oxygen atoms in total. The molecule has 0 saturated carbocycles. The molecule has 1 aromatic heterocycles. The van der Waals surface area contributed by atoms with E-state index in [9.17, 15) is 18.0 Å². The van der Waals surface area contributed by atoms with Gasteiger partial charge in [0.25, 0.3) is 5.91 Å². The number of amides is 1. The van der Waals surface area contributed by atoms with Crippen LogP contribution in [0.2, 0.25) is 0 Å². The predicted octanol–water partition coefficient (Wildman–Crippen LogP) is 3.23. The summed E-state index contributed by atoms with van der Waals surface area (Å²) in [5, 5.41) is 11.0. The predicted molar refractivity (Wildman–Crippen MR) is 112 cm³/mol. The summed E-state index contributed by atoms with van der Waals surface area (Å²) in [6, 6.07) is 6.66. The quantitative estimate of drug-likeness (QED) is 0.613. The molecule has 1 heterocycles. The first-order chi connectivity index (χ1) is 14.7. The normalized spacial score (nSPS) is 13.6. The molecular weight excluding hydrogens is 411 g/mol. The number of benzene rings is 1. The SMILES string of the molecule is C=N/C(=C\N=C(C)C(F)(F)F)NC[C@H](C)N(CC)C(=O)c1ccccc1-n1nccn1. The molecule has 1 aromatic carbocycles. The van der Waals surface area contributed by atoms with E-state index < -0.39 is 11.9 Å². The van der Waals surface area contributed by atoms with Crippen LogP contribution in [0.1, 0.15) is 31.1 Å². The molecule has 2 rings (SSSR count). The molecule has 0 aliphatic heterocycles. The first-order valence-corrected chi connectivity index (χ1v) is 9.48. The largest absolute Gasteiger partial charge is 0.429 e. The number of alkyl halides is 3. The Hall–Kier alpha value is -3.50. The van der Waals surface area contributed by atoms with Crippen LogP contribution >= 0.6 is 0 Å². The summed E-state index contributed by atoms with van der Waals surface area (Å²) in [4.78, 5) is 23.2. The average molecular weight is 435 g/mol. The fourth-order valence-corrected chi connectivity index (χ4v) is 2.72. The molecule has 31 heavy (non-hydrogen) atoms. The van der Waals surface area contributed by atoms with Gasteiger partial charge in [0.05, 0.1) is 29.8 Å². The maximum absolute atomic E-state index is 13.2. The minimum absolute atomic E-state index is 0.0695. The van der Waals surface area contributed by atoms with Gasteiger partial charge in [-0.1, -0.05) is 12.1 Å². The van der Waals surface area contributed by atoms with Gasteiger partial charge in [-0.05, 0) is 39.6 Å². The van der Waals surface area contributed by atoms with Crippen LogP contribution in [-0.4, -0.2) is 63.5 Å². The molecule has 0 fully saturated rings. The molecule has 1 N–H and O–H groups in total. The number of rotatable bonds is 9. The molecule has 11 heteroatoms. The number of nitrogens with zero attached hydrogens (tertiary/aromatic N) is 6. The van der Waals surface area contributed by atoms with Gasteiger partial charge in [-0.15, -0.1) is 0 Å². The van der Waals surface area contributed by atoms with Crippen LogP contribution in [0.3, 0.4) is 0 Å². The molecule has 1 amide bonds. The van der Waals surface area contributed by atoms with Crippen LogP contribution in [0.4, 0.5) is 13.2 Å². The van der Waals surface area contributed by atoms with E-state index in [1.165, 1.54) is 17.2 Å². The molecule has 1 atom stereocenters. The standard InChI is InChI=1S/C20H24F3N7O/c1-5-29(14(2)12-26-18(24-4)13-25-15(3)20(21,22)23)19(31)16-8-6-7-9-17(16)30-27-10-11-28-30/h6-11,13-14,26H,4-5,12H2,1-3H3/b18-13+,25-15?/t14-/m0/s1. The second kappa shape index (κ2) is 10.5. The number of carbonyl (C=O) groups excluding carboxylic acids is 1. The Balaban J connectivity index is 2.15. The molecule has 0 aliphatic rings. The molecule has 0 spiro atoms. The number of hydrogen-bond donors (Lipinski definition) is 1. The highest BCUT2D eigenvalue weighted by Gasteiger charge is 2.31. The van der Waals surface area contributed by atoms with E-state index >= 15 is 0 Å². The number of aliphatic imine (C=N–C) groups is 2. The Kier molecular flexibility index (Phi) is 8.06. The fourth-order valence-electron chi connectivity index (χ4n) is 2.72. The fraction of sp³-hybridized carbons (Fsp3) is 0.350. The zero-order valence-corrected chi connectivity index (χ0v) is 17.5. The van der Waals surface area contributed by atoms with E-state index in [1.807, 2.05) is 13.8 Å². The van der Waals surface area contributed by atoms with E-state index in [4.69, 9.17) is 0 Å². The van der Waals surface area contributed by atoms with Crippen LogP contribution in [0.25, 0.3) is 5.69 Å². The van der Waals surface area contributed by atoms with Gasteiger partial charge in [-0.3, -0.25) is 9.79 Å². The van der Waals surface area contributed by atoms with Gasteiger partial charge in [0.2, 0.25) is 0 Å². The topological polar surface area (TPSA) is 87.8 Å². The van der Waals surface area contributed by atoms with Crippen LogP contribution < -0.4 is 5.32 Å². The number of halogens is 3. The second-order valence-corrected chi connectivity index (χ2v) is 6.54. The summed E-state index contributed by atoms with van der Waals surface area (Å²) < 4.78 is 37.7. The number of para-hydroxylation sites is 1. The first-order valence-electron chi connectivity index (χ1n) is 9.48. The van der Waals surface area contributed by atoms with Crippen molar-refractivity contribution in [2.45, 2.75) is 33.0 Å². The second-order valence-electron chi connectivity index (χ2n) is 6.54. The Morgan fingerprint density at radius 3 is 2.55 bits per heavy atom. The molecule has 2 aromatic rings. The van der Waals surface area contributed by atoms with Crippen LogP contribution in [0, 0.1) is 0 Å². The molecule has 0 aliphatic carbocycles. The lowest BCUT2D eigenvalue weighted by Gasteiger charge is -2.29. The van der Waals surface area contributed by atoms with Crippen molar-refractivity contribution < 1.29 is 18.0 Å². The minimum atomic E-state index is -4.52. The third-order valence-electron chi connectivity index (χ3n) is 4.44. The van der Waals surface area contributed by atoms with Crippen molar-refractivity contribution in [3.8, 4) is 5.69 Å². The maximum atomic E-state index is 13.2. The number of hydrogen-bond acceptors (Lipinski definition) is 6. The Morgan fingerprint density at radius 1 is 1.32 bits per heavy atom. The van der Waals surface area contributed by atoms with Gasteiger partial charge in [0.1, 0.15) is 11.5 Å². The molecular formula is C20H24F3N7O. The number of nitrogens with one attached hydrogen (secondary N) is 1. The zero-order chi connectivity index (χ0) is 23.0. The first kappa shape index (κ1) is 23.8. The van der Waals surface area contributed by atoms with Crippen molar-refractivity contribution in [2.75, 3.05) is 13.1 Å². The van der Waals surface area contributed by atoms with Crippen LogP contribution in [0.5, 0.6) is 0 Å². The molecule has 166 valence electrons. The van der Waals surface area contributed by atoms with Gasteiger partial charge >= 0.3 is 6.18 Å².